The first-order valence-electron chi connectivity index (χ1n) is 6.72. The van der Waals surface area contributed by atoms with Crippen LogP contribution in [0.5, 0.6) is 0 Å². The molecule has 0 bridgehead atoms. The molecule has 1 fully saturated rings. The van der Waals surface area contributed by atoms with Crippen LogP contribution >= 0.6 is 11.8 Å². The van der Waals surface area contributed by atoms with Gasteiger partial charge in [0.25, 0.3) is 0 Å². The van der Waals surface area contributed by atoms with Crippen LogP contribution < -0.4 is 5.32 Å². The standard InChI is InChI=1S/C15H20FNOS/c1-19-10-15(18)17-14-4-2-3-12(14)9-11-5-7-13(16)8-6-11/h5-8,12,14H,2-4,9-10H2,1H3,(H,17,18)/t12-,14-/m0/s1. The molecule has 0 aliphatic heterocycles. The summed E-state index contributed by atoms with van der Waals surface area (Å²) < 4.78 is 12.9. The van der Waals surface area contributed by atoms with Gasteiger partial charge >= 0.3 is 0 Å². The minimum Gasteiger partial charge on any atom is -0.352 e. The molecule has 1 aromatic carbocycles. The van der Waals surface area contributed by atoms with Crippen molar-refractivity contribution < 1.29 is 9.18 Å². The lowest BCUT2D eigenvalue weighted by Crippen LogP contribution is -2.39. The van der Waals surface area contributed by atoms with Gasteiger partial charge in [0.1, 0.15) is 5.82 Å². The first-order chi connectivity index (χ1) is 9.19. The molecule has 1 saturated carbocycles. The highest BCUT2D eigenvalue weighted by molar-refractivity contribution is 7.99. The molecule has 2 atom stereocenters. The van der Waals surface area contributed by atoms with E-state index in [0.717, 1.165) is 31.2 Å². The van der Waals surface area contributed by atoms with Crippen LogP contribution in [0.2, 0.25) is 0 Å². The fourth-order valence-corrected chi connectivity index (χ4v) is 3.12. The van der Waals surface area contributed by atoms with E-state index in [9.17, 15) is 9.18 Å². The summed E-state index contributed by atoms with van der Waals surface area (Å²) in [6.45, 7) is 0. The molecular weight excluding hydrogens is 261 g/mol. The SMILES string of the molecule is CSCC(=O)N[C@H]1CCC[C@H]1Cc1ccc(F)cc1. The lowest BCUT2D eigenvalue weighted by atomic mass is 9.94. The van der Waals surface area contributed by atoms with E-state index in [2.05, 4.69) is 5.32 Å². The summed E-state index contributed by atoms with van der Waals surface area (Å²) in [5.74, 6) is 0.944. The first kappa shape index (κ1) is 14.4. The summed E-state index contributed by atoms with van der Waals surface area (Å²) in [4.78, 5) is 11.7. The van der Waals surface area contributed by atoms with E-state index < -0.39 is 0 Å². The largest absolute Gasteiger partial charge is 0.352 e. The highest BCUT2D eigenvalue weighted by atomic mass is 32.2. The van der Waals surface area contributed by atoms with E-state index in [-0.39, 0.29) is 17.8 Å². The Balaban J connectivity index is 1.91. The minimum atomic E-state index is -0.194. The fourth-order valence-electron chi connectivity index (χ4n) is 2.77. The second-order valence-corrected chi connectivity index (χ2v) is 5.99. The predicted octanol–water partition coefficient (Wildman–Crippen LogP) is 3.02. The van der Waals surface area contributed by atoms with Crippen LogP contribution in [-0.4, -0.2) is 24.0 Å². The Morgan fingerprint density at radius 2 is 2.11 bits per heavy atom. The Labute approximate surface area is 118 Å². The van der Waals surface area contributed by atoms with Crippen LogP contribution in [0.15, 0.2) is 24.3 Å². The maximum atomic E-state index is 12.9. The summed E-state index contributed by atoms with van der Waals surface area (Å²) in [7, 11) is 0. The number of carbonyl (C=O) groups excluding carboxylic acids is 1. The fraction of sp³-hybridized carbons (Fsp3) is 0.533. The Morgan fingerprint density at radius 3 is 2.79 bits per heavy atom. The molecule has 1 amide bonds. The molecular formula is C15H20FNOS. The van der Waals surface area contributed by atoms with Gasteiger partial charge in [-0.15, -0.1) is 0 Å². The second-order valence-electron chi connectivity index (χ2n) is 5.13. The van der Waals surface area contributed by atoms with E-state index in [1.165, 1.54) is 12.1 Å². The maximum absolute atomic E-state index is 12.9. The molecule has 0 spiro atoms. The lowest BCUT2D eigenvalue weighted by Gasteiger charge is -2.21. The number of benzene rings is 1. The normalized spacial score (nSPS) is 22.4. The Kier molecular flexibility index (Phi) is 5.25. The maximum Gasteiger partial charge on any atom is 0.230 e. The van der Waals surface area contributed by atoms with E-state index in [4.69, 9.17) is 0 Å². The number of nitrogens with one attached hydrogen (secondary N) is 1. The van der Waals surface area contributed by atoms with Crippen molar-refractivity contribution in [1.29, 1.82) is 0 Å². The minimum absolute atomic E-state index is 0.128. The molecule has 0 unspecified atom stereocenters. The zero-order valence-electron chi connectivity index (χ0n) is 11.2. The molecule has 0 saturated heterocycles. The highest BCUT2D eigenvalue weighted by Crippen LogP contribution is 2.29. The molecule has 0 aromatic heterocycles. The first-order valence-corrected chi connectivity index (χ1v) is 8.11. The van der Waals surface area contributed by atoms with Gasteiger partial charge in [-0.2, -0.15) is 11.8 Å². The van der Waals surface area contributed by atoms with E-state index in [0.29, 0.717) is 11.7 Å². The third kappa shape index (κ3) is 4.23. The van der Waals surface area contributed by atoms with Crippen LogP contribution in [0.4, 0.5) is 4.39 Å². The van der Waals surface area contributed by atoms with Gasteiger partial charge in [0.15, 0.2) is 0 Å². The Hall–Kier alpha value is -1.03. The van der Waals surface area contributed by atoms with Gasteiger partial charge in [0.05, 0.1) is 5.75 Å². The predicted molar refractivity (Wildman–Crippen MR) is 77.8 cm³/mol. The smallest absolute Gasteiger partial charge is 0.230 e. The molecule has 1 aliphatic carbocycles. The van der Waals surface area contributed by atoms with Crippen molar-refractivity contribution >= 4 is 17.7 Å². The molecule has 0 radical (unpaired) electrons. The molecule has 2 nitrogen and oxygen atoms in total. The van der Waals surface area contributed by atoms with Crippen molar-refractivity contribution in [3.63, 3.8) is 0 Å². The highest BCUT2D eigenvalue weighted by Gasteiger charge is 2.28. The summed E-state index contributed by atoms with van der Waals surface area (Å²) in [6, 6.07) is 6.98. The van der Waals surface area contributed by atoms with Crippen LogP contribution in [0.25, 0.3) is 0 Å². The van der Waals surface area contributed by atoms with E-state index in [1.807, 2.05) is 18.4 Å². The number of hydrogen-bond acceptors (Lipinski definition) is 2. The molecule has 0 heterocycles. The topological polar surface area (TPSA) is 29.1 Å². The summed E-state index contributed by atoms with van der Waals surface area (Å²) in [6.07, 6.45) is 6.22. The molecule has 104 valence electrons. The molecule has 1 aliphatic rings. The average molecular weight is 281 g/mol. The van der Waals surface area contributed by atoms with Crippen molar-refractivity contribution in [1.82, 2.24) is 5.32 Å². The van der Waals surface area contributed by atoms with Gasteiger partial charge in [0, 0.05) is 6.04 Å². The summed E-state index contributed by atoms with van der Waals surface area (Å²) in [5, 5.41) is 3.13. The Morgan fingerprint density at radius 1 is 1.37 bits per heavy atom. The molecule has 1 N–H and O–H groups in total. The van der Waals surface area contributed by atoms with Crippen LogP contribution in [-0.2, 0) is 11.2 Å². The molecule has 4 heteroatoms. The van der Waals surface area contributed by atoms with Gasteiger partial charge in [0.2, 0.25) is 5.91 Å². The monoisotopic (exact) mass is 281 g/mol. The van der Waals surface area contributed by atoms with Crippen molar-refractivity contribution in [2.24, 2.45) is 5.92 Å². The Bertz CT molecular complexity index is 421. The van der Waals surface area contributed by atoms with Crippen molar-refractivity contribution in [3.05, 3.63) is 35.6 Å². The van der Waals surface area contributed by atoms with Crippen molar-refractivity contribution in [2.75, 3.05) is 12.0 Å². The van der Waals surface area contributed by atoms with E-state index >= 15 is 0 Å². The van der Waals surface area contributed by atoms with Crippen LogP contribution in [0.3, 0.4) is 0 Å². The summed E-state index contributed by atoms with van der Waals surface area (Å²) in [5.41, 5.74) is 1.15. The van der Waals surface area contributed by atoms with Gasteiger partial charge < -0.3 is 5.32 Å². The number of hydrogen-bond donors (Lipinski definition) is 1. The van der Waals surface area contributed by atoms with Crippen molar-refractivity contribution in [3.8, 4) is 0 Å². The number of amides is 1. The lowest BCUT2D eigenvalue weighted by molar-refractivity contribution is -0.119. The quantitative estimate of drug-likeness (QED) is 0.899. The van der Waals surface area contributed by atoms with E-state index in [1.54, 1.807) is 11.8 Å². The van der Waals surface area contributed by atoms with Crippen LogP contribution in [0, 0.1) is 11.7 Å². The zero-order valence-corrected chi connectivity index (χ0v) is 12.0. The third-order valence-corrected chi connectivity index (χ3v) is 4.24. The zero-order chi connectivity index (χ0) is 13.7. The van der Waals surface area contributed by atoms with Gasteiger partial charge in [-0.1, -0.05) is 18.6 Å². The van der Waals surface area contributed by atoms with Crippen molar-refractivity contribution in [2.45, 2.75) is 31.7 Å². The number of halogens is 1. The second kappa shape index (κ2) is 6.94. The van der Waals surface area contributed by atoms with Gasteiger partial charge in [-0.25, -0.2) is 4.39 Å². The van der Waals surface area contributed by atoms with Gasteiger partial charge in [-0.3, -0.25) is 4.79 Å². The van der Waals surface area contributed by atoms with Crippen LogP contribution in [0.1, 0.15) is 24.8 Å². The number of thioether (sulfide) groups is 1. The number of carbonyl (C=O) groups is 1. The third-order valence-electron chi connectivity index (χ3n) is 3.69. The van der Waals surface area contributed by atoms with Gasteiger partial charge in [-0.05, 0) is 49.1 Å². The molecule has 19 heavy (non-hydrogen) atoms. The summed E-state index contributed by atoms with van der Waals surface area (Å²) >= 11 is 1.55. The molecule has 1 aromatic rings. The average Bonchev–Trinajstić information content (AvgIpc) is 2.80. The molecule has 2 rings (SSSR count). The number of rotatable bonds is 5.